The van der Waals surface area contributed by atoms with Crippen molar-refractivity contribution >= 4 is 43.9 Å². The lowest BCUT2D eigenvalue weighted by Gasteiger charge is -2.23. The van der Waals surface area contributed by atoms with E-state index in [1.807, 2.05) is 36.4 Å². The van der Waals surface area contributed by atoms with Gasteiger partial charge in [-0.2, -0.15) is 0 Å². The van der Waals surface area contributed by atoms with Gasteiger partial charge >= 0.3 is 0 Å². The van der Waals surface area contributed by atoms with Gasteiger partial charge in [0.25, 0.3) is 0 Å². The molecule has 4 aromatic heterocycles. The van der Waals surface area contributed by atoms with Gasteiger partial charge in [0.15, 0.2) is 0 Å². The predicted molar refractivity (Wildman–Crippen MR) is 130 cm³/mol. The largest absolute Gasteiger partial charge is 0.396 e. The molecule has 0 amide bonds. The molecule has 7 nitrogen and oxygen atoms in total. The zero-order valence-electron chi connectivity index (χ0n) is 17.3. The molecule has 0 aliphatic heterocycles. The lowest BCUT2D eigenvalue weighted by molar-refractivity contribution is 0.311. The standard InChI is InChI=1S/C23H23N5O2S2/c24-21-20-16(17-6-1-2-9-25-17)12-18(14-7-8-19(27-13-14)26-10-11-29)28-22(20)31-23(21)32(30)15-4-3-5-15/h1-2,6-9,12-13,15,29H,3-5,10-11,24H2,(H,26,27)/t32-/m1/s1. The fraction of sp³-hybridized carbons (Fsp3) is 0.261. The Morgan fingerprint density at radius 3 is 2.72 bits per heavy atom. The number of nitrogens with two attached hydrogens (primary N) is 1. The molecule has 0 radical (unpaired) electrons. The van der Waals surface area contributed by atoms with Gasteiger partial charge in [-0.3, -0.25) is 9.19 Å². The van der Waals surface area contributed by atoms with Crippen molar-refractivity contribution in [3.05, 3.63) is 48.8 Å². The first kappa shape index (κ1) is 21.0. The Balaban J connectivity index is 1.64. The highest BCUT2D eigenvalue weighted by atomic mass is 32.2. The Hall–Kier alpha value is -2.88. The molecule has 4 N–H and O–H groups in total. The van der Waals surface area contributed by atoms with Gasteiger partial charge in [-0.1, -0.05) is 12.5 Å². The van der Waals surface area contributed by atoms with Gasteiger partial charge in [-0.15, -0.1) is 11.3 Å². The maximum atomic E-state index is 13.1. The number of rotatable bonds is 7. The van der Waals surface area contributed by atoms with E-state index in [1.54, 1.807) is 12.4 Å². The summed E-state index contributed by atoms with van der Waals surface area (Å²) < 4.78 is 13.8. The molecule has 0 aromatic carbocycles. The van der Waals surface area contributed by atoms with E-state index in [0.717, 1.165) is 52.0 Å². The average molecular weight is 466 g/mol. The minimum atomic E-state index is -1.12. The van der Waals surface area contributed by atoms with Crippen LogP contribution in [0.25, 0.3) is 32.7 Å². The summed E-state index contributed by atoms with van der Waals surface area (Å²) in [7, 11) is -1.12. The summed E-state index contributed by atoms with van der Waals surface area (Å²) in [5.74, 6) is 0.687. The Morgan fingerprint density at radius 1 is 1.19 bits per heavy atom. The number of nitrogen functional groups attached to an aromatic ring is 1. The number of pyridine rings is 3. The first-order valence-electron chi connectivity index (χ1n) is 10.5. The lowest BCUT2D eigenvalue weighted by atomic mass is 10.0. The molecule has 0 spiro atoms. The molecular formula is C23H23N5O2S2. The summed E-state index contributed by atoms with van der Waals surface area (Å²) in [6.45, 7) is 0.481. The number of fused-ring (bicyclic) bond motifs is 1. The molecule has 1 aliphatic carbocycles. The monoisotopic (exact) mass is 465 g/mol. The number of hydrogen-bond donors (Lipinski definition) is 3. The highest BCUT2D eigenvalue weighted by molar-refractivity contribution is 7.88. The molecule has 32 heavy (non-hydrogen) atoms. The molecule has 4 heterocycles. The molecule has 1 fully saturated rings. The Bertz CT molecular complexity index is 1270. The van der Waals surface area contributed by atoms with Gasteiger partial charge in [0.05, 0.1) is 34.5 Å². The topological polar surface area (TPSA) is 114 Å². The maximum Gasteiger partial charge on any atom is 0.127 e. The molecule has 0 unspecified atom stereocenters. The third kappa shape index (κ3) is 3.87. The van der Waals surface area contributed by atoms with Crippen molar-refractivity contribution in [2.24, 2.45) is 0 Å². The summed E-state index contributed by atoms with van der Waals surface area (Å²) in [5, 5.41) is 13.0. The molecule has 4 aromatic rings. The number of hydrogen-bond acceptors (Lipinski definition) is 8. The smallest absolute Gasteiger partial charge is 0.127 e. The summed E-state index contributed by atoms with van der Waals surface area (Å²) in [4.78, 5) is 14.6. The second-order valence-corrected chi connectivity index (χ2v) is 10.6. The van der Waals surface area contributed by atoms with E-state index in [0.29, 0.717) is 22.3 Å². The summed E-state index contributed by atoms with van der Waals surface area (Å²) >= 11 is 1.42. The van der Waals surface area contributed by atoms with E-state index in [-0.39, 0.29) is 11.9 Å². The maximum absolute atomic E-state index is 13.1. The molecule has 0 saturated heterocycles. The number of aromatic nitrogens is 3. The number of anilines is 2. The van der Waals surface area contributed by atoms with Crippen LogP contribution in [0.4, 0.5) is 11.5 Å². The van der Waals surface area contributed by atoms with Gasteiger partial charge < -0.3 is 16.2 Å². The Morgan fingerprint density at radius 2 is 2.06 bits per heavy atom. The van der Waals surface area contributed by atoms with Gasteiger partial charge in [0, 0.05) is 40.7 Å². The van der Waals surface area contributed by atoms with Gasteiger partial charge in [0.2, 0.25) is 0 Å². The fourth-order valence-electron chi connectivity index (χ4n) is 3.69. The van der Waals surface area contributed by atoms with E-state index in [9.17, 15) is 4.21 Å². The molecule has 1 atom stereocenters. The number of nitrogens with one attached hydrogen (secondary N) is 1. The molecule has 164 valence electrons. The summed E-state index contributed by atoms with van der Waals surface area (Å²) in [6.07, 6.45) is 6.59. The Kier molecular flexibility index (Phi) is 5.86. The van der Waals surface area contributed by atoms with Crippen molar-refractivity contribution in [2.45, 2.75) is 28.7 Å². The molecule has 1 aliphatic rings. The number of aliphatic hydroxyl groups excluding tert-OH is 1. The highest BCUT2D eigenvalue weighted by Crippen LogP contribution is 2.44. The van der Waals surface area contributed by atoms with Crippen LogP contribution >= 0.6 is 11.3 Å². The van der Waals surface area contributed by atoms with E-state index in [4.69, 9.17) is 15.8 Å². The zero-order chi connectivity index (χ0) is 22.1. The van der Waals surface area contributed by atoms with Crippen LogP contribution in [0.3, 0.4) is 0 Å². The highest BCUT2D eigenvalue weighted by Gasteiger charge is 2.29. The summed E-state index contributed by atoms with van der Waals surface area (Å²) in [5.41, 5.74) is 10.4. The van der Waals surface area contributed by atoms with E-state index in [1.165, 1.54) is 11.3 Å². The van der Waals surface area contributed by atoms with E-state index < -0.39 is 10.8 Å². The van der Waals surface area contributed by atoms with Crippen LogP contribution in [0.2, 0.25) is 0 Å². The van der Waals surface area contributed by atoms with E-state index in [2.05, 4.69) is 15.3 Å². The quantitative estimate of drug-likeness (QED) is 0.377. The normalized spacial score (nSPS) is 14.9. The third-order valence-corrected chi connectivity index (χ3v) is 8.92. The minimum absolute atomic E-state index is 0.0411. The lowest BCUT2D eigenvalue weighted by Crippen LogP contribution is -2.23. The van der Waals surface area contributed by atoms with Crippen LogP contribution in [0.15, 0.2) is 53.0 Å². The molecule has 5 rings (SSSR count). The molecule has 9 heteroatoms. The first-order valence-corrected chi connectivity index (χ1v) is 12.5. The summed E-state index contributed by atoms with van der Waals surface area (Å²) in [6, 6.07) is 11.5. The molecule has 1 saturated carbocycles. The number of nitrogens with zero attached hydrogens (tertiary/aromatic N) is 3. The molecule has 0 bridgehead atoms. The first-order chi connectivity index (χ1) is 15.7. The van der Waals surface area contributed by atoms with Crippen LogP contribution in [0, 0.1) is 0 Å². The van der Waals surface area contributed by atoms with Crippen LogP contribution < -0.4 is 11.1 Å². The SMILES string of the molecule is Nc1c([S@](=O)C2CCC2)sc2nc(-c3ccc(NCCO)nc3)cc(-c3ccccn3)c12. The predicted octanol–water partition coefficient (Wildman–Crippen LogP) is 4.07. The Labute approximate surface area is 192 Å². The molecular weight excluding hydrogens is 442 g/mol. The van der Waals surface area contributed by atoms with Crippen molar-refractivity contribution in [1.29, 1.82) is 0 Å². The fourth-order valence-corrected chi connectivity index (χ4v) is 6.90. The van der Waals surface area contributed by atoms with Crippen molar-refractivity contribution in [1.82, 2.24) is 15.0 Å². The van der Waals surface area contributed by atoms with Crippen molar-refractivity contribution in [3.63, 3.8) is 0 Å². The van der Waals surface area contributed by atoms with Crippen molar-refractivity contribution in [3.8, 4) is 22.5 Å². The van der Waals surface area contributed by atoms with Crippen LogP contribution in [-0.2, 0) is 10.8 Å². The van der Waals surface area contributed by atoms with Gasteiger partial charge in [0.1, 0.15) is 14.9 Å². The van der Waals surface area contributed by atoms with Crippen molar-refractivity contribution < 1.29 is 9.32 Å². The minimum Gasteiger partial charge on any atom is -0.396 e. The van der Waals surface area contributed by atoms with Gasteiger partial charge in [-0.25, -0.2) is 9.97 Å². The number of thiophene rings is 1. The van der Waals surface area contributed by atoms with Crippen LogP contribution in [0.5, 0.6) is 0 Å². The van der Waals surface area contributed by atoms with Gasteiger partial charge in [-0.05, 0) is 43.2 Å². The van der Waals surface area contributed by atoms with Crippen LogP contribution in [0.1, 0.15) is 19.3 Å². The average Bonchev–Trinajstić information content (AvgIpc) is 3.13. The third-order valence-electron chi connectivity index (χ3n) is 5.62. The van der Waals surface area contributed by atoms with Crippen molar-refractivity contribution in [2.75, 3.05) is 24.2 Å². The second-order valence-electron chi connectivity index (χ2n) is 7.69. The van der Waals surface area contributed by atoms with E-state index >= 15 is 0 Å². The second kappa shape index (κ2) is 8.93. The zero-order valence-corrected chi connectivity index (χ0v) is 19.0. The van der Waals surface area contributed by atoms with Crippen LogP contribution in [-0.4, -0.2) is 42.7 Å². The number of aliphatic hydroxyl groups is 1.